The van der Waals surface area contributed by atoms with Crippen LogP contribution in [-0.2, 0) is 20.1 Å². The fraction of sp³-hybridized carbons (Fsp3) is 0.348. The smallest absolute Gasteiger partial charge is 0.251 e. The summed E-state index contributed by atoms with van der Waals surface area (Å²) in [5.41, 5.74) is 2.69. The summed E-state index contributed by atoms with van der Waals surface area (Å²) < 4.78 is 7.98. The van der Waals surface area contributed by atoms with Gasteiger partial charge in [0.2, 0.25) is 0 Å². The quantitative estimate of drug-likeness (QED) is 0.654. The van der Waals surface area contributed by atoms with E-state index in [0.29, 0.717) is 12.1 Å². The third-order valence-corrected chi connectivity index (χ3v) is 5.27. The lowest BCUT2D eigenvalue weighted by Gasteiger charge is -2.31. The van der Waals surface area contributed by atoms with Gasteiger partial charge in [0.25, 0.3) is 5.91 Å². The second kappa shape index (κ2) is 9.54. The number of hydrogen-bond acceptors (Lipinski definition) is 5. The molecule has 0 unspecified atom stereocenters. The van der Waals surface area contributed by atoms with Crippen LogP contribution in [0.4, 0.5) is 0 Å². The van der Waals surface area contributed by atoms with E-state index >= 15 is 0 Å². The van der Waals surface area contributed by atoms with Crippen molar-refractivity contribution in [2.45, 2.75) is 32.0 Å². The maximum atomic E-state index is 12.3. The number of aromatic nitrogens is 3. The number of rotatable bonds is 7. The molecule has 4 rings (SSSR count). The van der Waals surface area contributed by atoms with Crippen molar-refractivity contribution < 1.29 is 9.53 Å². The van der Waals surface area contributed by atoms with Gasteiger partial charge < -0.3 is 10.1 Å². The van der Waals surface area contributed by atoms with Crippen LogP contribution in [-0.4, -0.2) is 44.8 Å². The van der Waals surface area contributed by atoms with Gasteiger partial charge in [-0.05, 0) is 49.2 Å². The molecule has 1 aromatic carbocycles. The zero-order valence-corrected chi connectivity index (χ0v) is 17.2. The van der Waals surface area contributed by atoms with E-state index in [1.807, 2.05) is 48.3 Å². The topological polar surface area (TPSA) is 72.3 Å². The summed E-state index contributed by atoms with van der Waals surface area (Å²) in [6.07, 6.45) is 7.91. The van der Waals surface area contributed by atoms with E-state index in [0.717, 1.165) is 43.9 Å². The maximum absolute atomic E-state index is 12.3. The third-order valence-electron chi connectivity index (χ3n) is 5.27. The molecule has 0 atom stereocenters. The number of aryl methyl sites for hydroxylation is 1. The van der Waals surface area contributed by atoms with Crippen LogP contribution in [0, 0.1) is 0 Å². The van der Waals surface area contributed by atoms with Crippen molar-refractivity contribution in [3.63, 3.8) is 0 Å². The Kier molecular flexibility index (Phi) is 6.39. The number of piperidine rings is 1. The highest BCUT2D eigenvalue weighted by molar-refractivity contribution is 5.94. The van der Waals surface area contributed by atoms with Crippen molar-refractivity contribution in [3.05, 3.63) is 77.9 Å². The van der Waals surface area contributed by atoms with E-state index in [1.54, 1.807) is 18.3 Å². The Balaban J connectivity index is 1.22. The Bertz CT molecular complexity index is 947. The molecule has 30 heavy (non-hydrogen) atoms. The summed E-state index contributed by atoms with van der Waals surface area (Å²) in [4.78, 5) is 19.0. The van der Waals surface area contributed by atoms with Gasteiger partial charge in [-0.1, -0.05) is 6.07 Å². The van der Waals surface area contributed by atoms with E-state index in [4.69, 9.17) is 4.74 Å². The van der Waals surface area contributed by atoms with Crippen LogP contribution in [0.2, 0.25) is 0 Å². The normalized spacial score (nSPS) is 15.1. The summed E-state index contributed by atoms with van der Waals surface area (Å²) in [5, 5.41) is 7.12. The predicted octanol–water partition coefficient (Wildman–Crippen LogP) is 2.79. The molecule has 1 aliphatic heterocycles. The summed E-state index contributed by atoms with van der Waals surface area (Å²) in [6.45, 7) is 3.36. The number of nitrogens with zero attached hydrogens (tertiary/aromatic N) is 4. The molecule has 2 aromatic heterocycles. The molecule has 0 bridgehead atoms. The molecule has 1 saturated heterocycles. The first-order valence-electron chi connectivity index (χ1n) is 10.3. The van der Waals surface area contributed by atoms with E-state index < -0.39 is 0 Å². The molecule has 3 heterocycles. The number of benzene rings is 1. The van der Waals surface area contributed by atoms with Gasteiger partial charge in [-0.15, -0.1) is 0 Å². The first kappa shape index (κ1) is 20.1. The molecular formula is C23H27N5O2. The minimum atomic E-state index is -0.115. The van der Waals surface area contributed by atoms with Gasteiger partial charge >= 0.3 is 0 Å². The van der Waals surface area contributed by atoms with Gasteiger partial charge in [0, 0.05) is 50.2 Å². The number of ether oxygens (including phenoxy) is 1. The standard InChI is InChI=1S/C23H27N5O2/c1-27-16-18(14-26-27)17-28-12-9-22(10-13-28)30-21-7-5-19(6-8-21)23(29)25-15-20-4-2-3-11-24-20/h2-8,11,14,16,22H,9-10,12-13,15,17H2,1H3,(H,25,29). The van der Waals surface area contributed by atoms with E-state index in [-0.39, 0.29) is 12.0 Å². The van der Waals surface area contributed by atoms with Crippen molar-refractivity contribution in [3.8, 4) is 5.75 Å². The highest BCUT2D eigenvalue weighted by atomic mass is 16.5. The summed E-state index contributed by atoms with van der Waals surface area (Å²) in [5.74, 6) is 0.692. The SMILES string of the molecule is Cn1cc(CN2CCC(Oc3ccc(C(=O)NCc4ccccn4)cc3)CC2)cn1. The van der Waals surface area contributed by atoms with Gasteiger partial charge in [-0.3, -0.25) is 19.4 Å². The first-order valence-corrected chi connectivity index (χ1v) is 10.3. The Hall–Kier alpha value is -3.19. The molecule has 1 N–H and O–H groups in total. The minimum absolute atomic E-state index is 0.115. The number of hydrogen-bond donors (Lipinski definition) is 1. The van der Waals surface area contributed by atoms with E-state index in [9.17, 15) is 4.79 Å². The maximum Gasteiger partial charge on any atom is 0.251 e. The summed E-state index contributed by atoms with van der Waals surface area (Å²) in [6, 6.07) is 13.0. The van der Waals surface area contributed by atoms with Crippen LogP contribution >= 0.6 is 0 Å². The highest BCUT2D eigenvalue weighted by Gasteiger charge is 2.21. The monoisotopic (exact) mass is 405 g/mol. The fourth-order valence-corrected chi connectivity index (χ4v) is 3.65. The number of nitrogens with one attached hydrogen (secondary N) is 1. The second-order valence-corrected chi connectivity index (χ2v) is 7.64. The molecular weight excluding hydrogens is 378 g/mol. The molecule has 1 fully saturated rings. The van der Waals surface area contributed by atoms with Crippen molar-refractivity contribution in [1.29, 1.82) is 0 Å². The molecule has 1 aliphatic rings. The second-order valence-electron chi connectivity index (χ2n) is 7.64. The zero-order chi connectivity index (χ0) is 20.8. The van der Waals surface area contributed by atoms with E-state index in [2.05, 4.69) is 26.5 Å². The fourth-order valence-electron chi connectivity index (χ4n) is 3.65. The summed E-state index contributed by atoms with van der Waals surface area (Å²) >= 11 is 0. The largest absolute Gasteiger partial charge is 0.490 e. The number of carbonyl (C=O) groups excluding carboxylic acids is 1. The van der Waals surface area contributed by atoms with Crippen LogP contribution < -0.4 is 10.1 Å². The molecule has 7 heteroatoms. The van der Waals surface area contributed by atoms with Gasteiger partial charge in [0.15, 0.2) is 0 Å². The third kappa shape index (κ3) is 5.45. The van der Waals surface area contributed by atoms with E-state index in [1.165, 1.54) is 5.56 Å². The van der Waals surface area contributed by atoms with Crippen molar-refractivity contribution in [2.24, 2.45) is 7.05 Å². The summed E-state index contributed by atoms with van der Waals surface area (Å²) in [7, 11) is 1.94. The number of carbonyl (C=O) groups is 1. The predicted molar refractivity (Wildman–Crippen MR) is 114 cm³/mol. The van der Waals surface area contributed by atoms with Gasteiger partial charge in [-0.2, -0.15) is 5.10 Å². The molecule has 0 spiro atoms. The molecule has 156 valence electrons. The average molecular weight is 406 g/mol. The van der Waals surface area contributed by atoms with Crippen molar-refractivity contribution in [2.75, 3.05) is 13.1 Å². The molecule has 0 aliphatic carbocycles. The van der Waals surface area contributed by atoms with Gasteiger partial charge in [0.05, 0.1) is 18.4 Å². The molecule has 0 saturated carbocycles. The van der Waals surface area contributed by atoms with Gasteiger partial charge in [0.1, 0.15) is 11.9 Å². The number of pyridine rings is 1. The van der Waals surface area contributed by atoms with Crippen LogP contribution in [0.15, 0.2) is 61.1 Å². The molecule has 7 nitrogen and oxygen atoms in total. The highest BCUT2D eigenvalue weighted by Crippen LogP contribution is 2.20. The number of amides is 1. The zero-order valence-electron chi connectivity index (χ0n) is 17.2. The lowest BCUT2D eigenvalue weighted by atomic mass is 10.1. The lowest BCUT2D eigenvalue weighted by Crippen LogP contribution is -2.37. The van der Waals surface area contributed by atoms with Gasteiger partial charge in [-0.25, -0.2) is 0 Å². The Morgan fingerprint density at radius 2 is 1.97 bits per heavy atom. The Morgan fingerprint density at radius 1 is 1.17 bits per heavy atom. The number of likely N-dealkylation sites (tertiary alicyclic amines) is 1. The lowest BCUT2D eigenvalue weighted by molar-refractivity contribution is 0.0947. The van der Waals surface area contributed by atoms with Crippen LogP contribution in [0.5, 0.6) is 5.75 Å². The molecule has 3 aromatic rings. The Morgan fingerprint density at radius 3 is 2.63 bits per heavy atom. The van der Waals surface area contributed by atoms with Crippen LogP contribution in [0.3, 0.4) is 0 Å². The van der Waals surface area contributed by atoms with Crippen LogP contribution in [0.1, 0.15) is 34.5 Å². The van der Waals surface area contributed by atoms with Crippen LogP contribution in [0.25, 0.3) is 0 Å². The minimum Gasteiger partial charge on any atom is -0.490 e. The average Bonchev–Trinajstić information content (AvgIpc) is 3.19. The molecule has 0 radical (unpaired) electrons. The molecule has 1 amide bonds. The van der Waals surface area contributed by atoms with Crippen molar-refractivity contribution in [1.82, 2.24) is 25.0 Å². The Labute approximate surface area is 176 Å². The van der Waals surface area contributed by atoms with Crippen molar-refractivity contribution >= 4 is 5.91 Å². The first-order chi connectivity index (χ1) is 14.7.